The molecule has 0 unspecified atom stereocenters. The van der Waals surface area contributed by atoms with Crippen molar-refractivity contribution in [3.8, 4) is 0 Å². The Bertz CT molecular complexity index is 910. The van der Waals surface area contributed by atoms with E-state index in [1.165, 1.54) is 12.1 Å². The number of hydrogen-bond donors (Lipinski definition) is 1. The van der Waals surface area contributed by atoms with Gasteiger partial charge in [0.25, 0.3) is 5.91 Å². The van der Waals surface area contributed by atoms with Gasteiger partial charge in [0.05, 0.1) is 17.8 Å². The molecule has 3 heterocycles. The van der Waals surface area contributed by atoms with Crippen LogP contribution in [0.5, 0.6) is 0 Å². The minimum atomic E-state index is -0.321. The number of hydrogen-bond acceptors (Lipinski definition) is 4. The third kappa shape index (κ3) is 3.91. The monoisotopic (exact) mass is 399 g/mol. The number of benzene rings is 1. The molecule has 2 amide bonds. The lowest BCUT2D eigenvalue weighted by molar-refractivity contribution is -0.122. The van der Waals surface area contributed by atoms with Gasteiger partial charge in [-0.15, -0.1) is 0 Å². The summed E-state index contributed by atoms with van der Waals surface area (Å²) in [5.41, 5.74) is 1.52. The van der Waals surface area contributed by atoms with Gasteiger partial charge in [0.2, 0.25) is 11.7 Å². The van der Waals surface area contributed by atoms with Gasteiger partial charge in [-0.05, 0) is 36.5 Å². The summed E-state index contributed by atoms with van der Waals surface area (Å²) in [4.78, 5) is 27.4. The Morgan fingerprint density at radius 2 is 2.14 bits per heavy atom. The second-order valence-electron chi connectivity index (χ2n) is 8.30. The molecular formula is C22H26FN3O3. The largest absolute Gasteiger partial charge is 0.351 e. The van der Waals surface area contributed by atoms with Crippen molar-refractivity contribution in [1.82, 2.24) is 15.4 Å². The van der Waals surface area contributed by atoms with Gasteiger partial charge in [0.1, 0.15) is 5.82 Å². The van der Waals surface area contributed by atoms with Gasteiger partial charge < -0.3 is 14.7 Å². The highest BCUT2D eigenvalue weighted by molar-refractivity contribution is 5.92. The van der Waals surface area contributed by atoms with Gasteiger partial charge in [0.15, 0.2) is 0 Å². The number of nitrogens with one attached hydrogen (secondary N) is 1. The zero-order valence-electron chi connectivity index (χ0n) is 16.7. The molecule has 154 valence electrons. The summed E-state index contributed by atoms with van der Waals surface area (Å²) < 4.78 is 19.2. The van der Waals surface area contributed by atoms with Crippen molar-refractivity contribution in [2.45, 2.75) is 63.5 Å². The van der Waals surface area contributed by atoms with Crippen LogP contribution in [0.4, 0.5) is 4.39 Å². The molecule has 0 saturated carbocycles. The summed E-state index contributed by atoms with van der Waals surface area (Å²) in [5.74, 6) is -0.370. The fraction of sp³-hybridized carbons (Fsp3) is 0.500. The maximum atomic E-state index is 13.9. The first-order valence-electron chi connectivity index (χ1n) is 10.3. The highest BCUT2D eigenvalue weighted by Crippen LogP contribution is 2.37. The van der Waals surface area contributed by atoms with Crippen molar-refractivity contribution in [2.24, 2.45) is 0 Å². The topological polar surface area (TPSA) is 75.4 Å². The standard InChI is InChI=1S/C22H26FN3O3/c1-13(2)17-11-19(29-25-17)22(28)26-12-16(14-6-5-7-15(23)10-14)21-18(26)8-3-4-9-20(27)24-21/h5-7,10-11,13,16,18,21H,3-4,8-9,12H2,1-2H3,(H,24,27)/t16-,18+,21-/m0/s1. The van der Waals surface area contributed by atoms with Crippen molar-refractivity contribution in [1.29, 1.82) is 0 Å². The number of nitrogens with zero attached hydrogens (tertiary/aromatic N) is 2. The van der Waals surface area contributed by atoms with Crippen LogP contribution < -0.4 is 5.32 Å². The molecule has 6 nitrogen and oxygen atoms in total. The maximum Gasteiger partial charge on any atom is 0.292 e. The van der Waals surface area contributed by atoms with Crippen LogP contribution in [-0.4, -0.2) is 40.5 Å². The number of likely N-dealkylation sites (tertiary alicyclic amines) is 1. The Morgan fingerprint density at radius 3 is 2.86 bits per heavy atom. The minimum absolute atomic E-state index is 0.0165. The summed E-state index contributed by atoms with van der Waals surface area (Å²) in [5, 5.41) is 7.11. The van der Waals surface area contributed by atoms with Crippen LogP contribution in [0.25, 0.3) is 0 Å². The molecule has 2 aromatic rings. The number of amides is 2. The molecule has 0 aliphatic carbocycles. The third-order valence-corrected chi connectivity index (χ3v) is 5.99. The van der Waals surface area contributed by atoms with Crippen molar-refractivity contribution >= 4 is 11.8 Å². The zero-order chi connectivity index (χ0) is 20.5. The van der Waals surface area contributed by atoms with Gasteiger partial charge in [0, 0.05) is 24.9 Å². The molecule has 7 heteroatoms. The van der Waals surface area contributed by atoms with Crippen molar-refractivity contribution < 1.29 is 18.5 Å². The molecule has 1 aromatic carbocycles. The fourth-order valence-corrected chi connectivity index (χ4v) is 4.44. The lowest BCUT2D eigenvalue weighted by Gasteiger charge is -2.30. The number of halogens is 1. The number of carbonyl (C=O) groups is 2. The van der Waals surface area contributed by atoms with E-state index in [0.717, 1.165) is 30.5 Å². The van der Waals surface area contributed by atoms with E-state index in [1.54, 1.807) is 17.0 Å². The summed E-state index contributed by atoms with van der Waals surface area (Å²) in [7, 11) is 0. The van der Waals surface area contributed by atoms with Crippen LogP contribution in [-0.2, 0) is 4.79 Å². The SMILES string of the molecule is CC(C)c1cc(C(=O)N2C[C@@H](c3cccc(F)c3)[C@@H]3NC(=O)CCCC[C@H]32)on1. The first kappa shape index (κ1) is 19.6. The zero-order valence-corrected chi connectivity index (χ0v) is 16.7. The number of aromatic nitrogens is 1. The molecule has 2 saturated heterocycles. The predicted molar refractivity (Wildman–Crippen MR) is 105 cm³/mol. The lowest BCUT2D eigenvalue weighted by atomic mass is 9.88. The molecule has 1 N–H and O–H groups in total. The normalized spacial score (nSPS) is 24.8. The van der Waals surface area contributed by atoms with Crippen LogP contribution in [0.1, 0.15) is 73.2 Å². The van der Waals surface area contributed by atoms with Gasteiger partial charge in [-0.25, -0.2) is 4.39 Å². The Kier molecular flexibility index (Phi) is 5.39. The van der Waals surface area contributed by atoms with Crippen LogP contribution in [0.15, 0.2) is 34.9 Å². The summed E-state index contributed by atoms with van der Waals surface area (Å²) in [6, 6.07) is 7.70. The third-order valence-electron chi connectivity index (χ3n) is 5.99. The quantitative estimate of drug-likeness (QED) is 0.856. The summed E-state index contributed by atoms with van der Waals surface area (Å²) in [6.45, 7) is 4.38. The van der Waals surface area contributed by atoms with Gasteiger partial charge in [-0.1, -0.05) is 37.6 Å². The average molecular weight is 399 g/mol. The Morgan fingerprint density at radius 1 is 1.31 bits per heavy atom. The molecule has 0 radical (unpaired) electrons. The second-order valence-corrected chi connectivity index (χ2v) is 8.30. The van der Waals surface area contributed by atoms with Gasteiger partial charge in [-0.3, -0.25) is 9.59 Å². The van der Waals surface area contributed by atoms with E-state index in [2.05, 4.69) is 10.5 Å². The van der Waals surface area contributed by atoms with E-state index in [9.17, 15) is 14.0 Å². The van der Waals surface area contributed by atoms with E-state index in [1.807, 2.05) is 19.9 Å². The van der Waals surface area contributed by atoms with Crippen LogP contribution >= 0.6 is 0 Å². The number of rotatable bonds is 3. The fourth-order valence-electron chi connectivity index (χ4n) is 4.44. The maximum absolute atomic E-state index is 13.9. The van der Waals surface area contributed by atoms with Gasteiger partial charge >= 0.3 is 0 Å². The Balaban J connectivity index is 1.67. The average Bonchev–Trinajstić information content (AvgIpc) is 3.29. The van der Waals surface area contributed by atoms with Crippen molar-refractivity contribution in [3.05, 3.63) is 53.2 Å². The molecule has 2 fully saturated rings. The van der Waals surface area contributed by atoms with E-state index >= 15 is 0 Å². The van der Waals surface area contributed by atoms with Crippen LogP contribution in [0, 0.1) is 5.82 Å². The van der Waals surface area contributed by atoms with Crippen LogP contribution in [0.3, 0.4) is 0 Å². The molecule has 3 atom stereocenters. The Labute approximate surface area is 169 Å². The first-order chi connectivity index (χ1) is 13.9. The summed E-state index contributed by atoms with van der Waals surface area (Å²) in [6.07, 6.45) is 2.92. The second kappa shape index (κ2) is 7.97. The molecular weight excluding hydrogens is 373 g/mol. The van der Waals surface area contributed by atoms with Crippen LogP contribution in [0.2, 0.25) is 0 Å². The van der Waals surface area contributed by atoms with Crippen molar-refractivity contribution in [2.75, 3.05) is 6.54 Å². The molecule has 2 aliphatic heterocycles. The predicted octanol–water partition coefficient (Wildman–Crippen LogP) is 3.60. The summed E-state index contributed by atoms with van der Waals surface area (Å²) >= 11 is 0. The molecule has 0 bridgehead atoms. The van der Waals surface area contributed by atoms with Crippen molar-refractivity contribution in [3.63, 3.8) is 0 Å². The Hall–Kier alpha value is -2.70. The molecule has 1 aromatic heterocycles. The number of carbonyl (C=O) groups excluding carboxylic acids is 2. The molecule has 2 aliphatic rings. The molecule has 0 spiro atoms. The minimum Gasteiger partial charge on any atom is -0.351 e. The smallest absolute Gasteiger partial charge is 0.292 e. The highest BCUT2D eigenvalue weighted by Gasteiger charge is 2.46. The van der Waals surface area contributed by atoms with E-state index in [0.29, 0.717) is 13.0 Å². The van der Waals surface area contributed by atoms with E-state index in [-0.39, 0.29) is 47.3 Å². The lowest BCUT2D eigenvalue weighted by Crippen LogP contribution is -2.48. The van der Waals surface area contributed by atoms with E-state index in [4.69, 9.17) is 4.52 Å². The molecule has 29 heavy (non-hydrogen) atoms. The van der Waals surface area contributed by atoms with E-state index < -0.39 is 0 Å². The van der Waals surface area contributed by atoms with Gasteiger partial charge in [-0.2, -0.15) is 0 Å². The molecule has 4 rings (SSSR count). The first-order valence-corrected chi connectivity index (χ1v) is 10.3. The highest BCUT2D eigenvalue weighted by atomic mass is 19.1. The number of fused-ring (bicyclic) bond motifs is 1.